The van der Waals surface area contributed by atoms with Crippen LogP contribution in [0.3, 0.4) is 0 Å². The molecule has 3 rings (SSSR count). The number of halogens is 1. The second kappa shape index (κ2) is 13.0. The third-order valence-corrected chi connectivity index (χ3v) is 5.60. The summed E-state index contributed by atoms with van der Waals surface area (Å²) in [6.07, 6.45) is 2.74. The second-order valence-corrected chi connectivity index (χ2v) is 7.66. The molecule has 8 heteroatoms. The largest absolute Gasteiger partial charge is 0.450 e. The molecule has 2 N–H and O–H groups in total. The smallest absolute Gasteiger partial charge is 0.409 e. The highest BCUT2D eigenvalue weighted by Crippen LogP contribution is 2.18. The number of carbonyl (C=O) groups is 1. The lowest BCUT2D eigenvalue weighted by Gasteiger charge is -2.32. The van der Waals surface area contributed by atoms with Crippen LogP contribution < -0.4 is 10.6 Å². The molecular weight excluding hydrogens is 493 g/mol. The second-order valence-electron chi connectivity index (χ2n) is 7.66. The van der Waals surface area contributed by atoms with Crippen LogP contribution in [0.25, 0.3) is 0 Å². The van der Waals surface area contributed by atoms with Gasteiger partial charge in [0.25, 0.3) is 0 Å². The number of piperidine rings is 1. The Morgan fingerprint density at radius 1 is 1.17 bits per heavy atom. The fraction of sp³-hybridized carbons (Fsp3) is 0.636. The third kappa shape index (κ3) is 7.30. The van der Waals surface area contributed by atoms with E-state index in [9.17, 15) is 4.79 Å². The lowest BCUT2D eigenvalue weighted by molar-refractivity contribution is 0.0963. The molecule has 1 fully saturated rings. The summed E-state index contributed by atoms with van der Waals surface area (Å²) in [5.41, 5.74) is 2.93. The summed E-state index contributed by atoms with van der Waals surface area (Å²) < 4.78 is 5.09. The summed E-state index contributed by atoms with van der Waals surface area (Å²) in [5.74, 6) is 0.875. The number of amides is 1. The van der Waals surface area contributed by atoms with Crippen LogP contribution in [-0.4, -0.2) is 73.8 Å². The molecule has 1 aromatic carbocycles. The van der Waals surface area contributed by atoms with E-state index in [2.05, 4.69) is 46.7 Å². The predicted molar refractivity (Wildman–Crippen MR) is 132 cm³/mol. The van der Waals surface area contributed by atoms with Crippen LogP contribution in [0.5, 0.6) is 0 Å². The number of carbonyl (C=O) groups excluding carboxylic acids is 1. The minimum Gasteiger partial charge on any atom is -0.450 e. The van der Waals surface area contributed by atoms with E-state index < -0.39 is 0 Å². The van der Waals surface area contributed by atoms with Crippen molar-refractivity contribution in [2.75, 3.05) is 45.9 Å². The SMILES string of the molecule is CCNC(=NCCN1CCc2ccccc2C1)NC1CCN(C(=O)OCC)CC1.I. The Kier molecular flexibility index (Phi) is 10.7. The number of hydrogen-bond donors (Lipinski definition) is 2. The van der Waals surface area contributed by atoms with Gasteiger partial charge in [-0.15, -0.1) is 24.0 Å². The van der Waals surface area contributed by atoms with Crippen molar-refractivity contribution in [1.29, 1.82) is 0 Å². The van der Waals surface area contributed by atoms with E-state index in [0.29, 0.717) is 12.6 Å². The minimum atomic E-state index is -0.199. The predicted octanol–water partition coefficient (Wildman–Crippen LogP) is 2.84. The molecule has 0 bridgehead atoms. The van der Waals surface area contributed by atoms with Crippen molar-refractivity contribution in [3.63, 3.8) is 0 Å². The van der Waals surface area contributed by atoms with Gasteiger partial charge in [0, 0.05) is 45.3 Å². The number of fused-ring (bicyclic) bond motifs is 1. The zero-order chi connectivity index (χ0) is 20.5. The molecule has 0 spiro atoms. The standard InChI is InChI=1S/C22H35N5O2.HI/c1-3-23-21(25-20-10-14-27(15-11-20)22(28)29-4-2)24-12-16-26-13-9-18-7-5-6-8-19(18)17-26;/h5-8,20H,3-4,9-17H2,1-2H3,(H2,23,24,25);1H. The number of benzene rings is 1. The number of nitrogens with one attached hydrogen (secondary N) is 2. The topological polar surface area (TPSA) is 69.2 Å². The summed E-state index contributed by atoms with van der Waals surface area (Å²) >= 11 is 0. The average molecular weight is 529 g/mol. The van der Waals surface area contributed by atoms with Crippen LogP contribution in [-0.2, 0) is 17.7 Å². The van der Waals surface area contributed by atoms with Gasteiger partial charge in [-0.1, -0.05) is 24.3 Å². The van der Waals surface area contributed by atoms with Crippen LogP contribution in [0.4, 0.5) is 4.79 Å². The number of rotatable bonds is 6. The van der Waals surface area contributed by atoms with Gasteiger partial charge in [0.2, 0.25) is 0 Å². The highest BCUT2D eigenvalue weighted by molar-refractivity contribution is 14.0. The molecule has 1 amide bonds. The number of nitrogens with zero attached hydrogens (tertiary/aromatic N) is 3. The highest BCUT2D eigenvalue weighted by Gasteiger charge is 2.24. The van der Waals surface area contributed by atoms with Crippen molar-refractivity contribution in [2.45, 2.75) is 45.7 Å². The Morgan fingerprint density at radius 3 is 2.60 bits per heavy atom. The molecule has 2 aliphatic rings. The van der Waals surface area contributed by atoms with Gasteiger partial charge >= 0.3 is 6.09 Å². The van der Waals surface area contributed by atoms with Crippen molar-refractivity contribution in [3.8, 4) is 0 Å². The zero-order valence-electron chi connectivity index (χ0n) is 18.2. The van der Waals surface area contributed by atoms with Crippen molar-refractivity contribution >= 4 is 36.0 Å². The summed E-state index contributed by atoms with van der Waals surface area (Å²) in [4.78, 5) is 20.9. The Hall–Kier alpha value is -1.55. The molecule has 2 aliphatic heterocycles. The zero-order valence-corrected chi connectivity index (χ0v) is 20.6. The Balaban J connectivity index is 0.00000320. The van der Waals surface area contributed by atoms with Gasteiger partial charge in [0.1, 0.15) is 0 Å². The average Bonchev–Trinajstić information content (AvgIpc) is 2.74. The maximum absolute atomic E-state index is 11.8. The first-order valence-electron chi connectivity index (χ1n) is 10.9. The lowest BCUT2D eigenvalue weighted by atomic mass is 10.00. The quantitative estimate of drug-likeness (QED) is 0.337. The van der Waals surface area contributed by atoms with E-state index in [4.69, 9.17) is 9.73 Å². The first-order chi connectivity index (χ1) is 14.2. The highest BCUT2D eigenvalue weighted by atomic mass is 127. The number of likely N-dealkylation sites (tertiary alicyclic amines) is 1. The molecule has 0 aliphatic carbocycles. The van der Waals surface area contributed by atoms with E-state index in [1.54, 1.807) is 4.90 Å². The summed E-state index contributed by atoms with van der Waals surface area (Å²) in [7, 11) is 0. The maximum Gasteiger partial charge on any atom is 0.409 e. The van der Waals surface area contributed by atoms with Gasteiger partial charge < -0.3 is 20.3 Å². The molecule has 0 saturated carbocycles. The number of hydrogen-bond acceptors (Lipinski definition) is 4. The monoisotopic (exact) mass is 529 g/mol. The third-order valence-electron chi connectivity index (χ3n) is 5.60. The van der Waals surface area contributed by atoms with Crippen LogP contribution >= 0.6 is 24.0 Å². The molecule has 0 atom stereocenters. The molecule has 30 heavy (non-hydrogen) atoms. The van der Waals surface area contributed by atoms with E-state index >= 15 is 0 Å². The summed E-state index contributed by atoms with van der Waals surface area (Å²) in [6.45, 7) is 10.5. The van der Waals surface area contributed by atoms with E-state index in [1.807, 2.05) is 6.92 Å². The summed E-state index contributed by atoms with van der Waals surface area (Å²) in [5, 5.41) is 6.90. The number of ether oxygens (including phenoxy) is 1. The summed E-state index contributed by atoms with van der Waals surface area (Å²) in [6, 6.07) is 9.07. The fourth-order valence-electron chi connectivity index (χ4n) is 3.98. The molecule has 168 valence electrons. The molecule has 2 heterocycles. The van der Waals surface area contributed by atoms with Gasteiger partial charge in [0.05, 0.1) is 13.2 Å². The first kappa shape index (κ1) is 24.7. The van der Waals surface area contributed by atoms with Crippen LogP contribution in [0.2, 0.25) is 0 Å². The minimum absolute atomic E-state index is 0. The van der Waals surface area contributed by atoms with E-state index in [0.717, 1.165) is 71.0 Å². The molecule has 0 radical (unpaired) electrons. The normalized spacial score (nSPS) is 17.7. The van der Waals surface area contributed by atoms with Crippen molar-refractivity contribution in [1.82, 2.24) is 20.4 Å². The number of guanidine groups is 1. The van der Waals surface area contributed by atoms with Gasteiger partial charge in [-0.2, -0.15) is 0 Å². The van der Waals surface area contributed by atoms with E-state index in [1.165, 1.54) is 11.1 Å². The molecular formula is C22H36IN5O2. The maximum atomic E-state index is 11.8. The van der Waals surface area contributed by atoms with Crippen LogP contribution in [0, 0.1) is 0 Å². The van der Waals surface area contributed by atoms with Crippen LogP contribution in [0.15, 0.2) is 29.3 Å². The van der Waals surface area contributed by atoms with Crippen molar-refractivity contribution in [2.24, 2.45) is 4.99 Å². The number of aliphatic imine (C=N–C) groups is 1. The Bertz CT molecular complexity index is 692. The van der Waals surface area contributed by atoms with Crippen molar-refractivity contribution < 1.29 is 9.53 Å². The first-order valence-corrected chi connectivity index (χ1v) is 10.9. The molecule has 1 saturated heterocycles. The van der Waals surface area contributed by atoms with Gasteiger partial charge in [-0.05, 0) is 44.2 Å². The Labute approximate surface area is 197 Å². The van der Waals surface area contributed by atoms with Crippen molar-refractivity contribution in [3.05, 3.63) is 35.4 Å². The molecule has 7 nitrogen and oxygen atoms in total. The molecule has 0 unspecified atom stereocenters. The molecule has 1 aromatic rings. The fourth-order valence-corrected chi connectivity index (χ4v) is 3.98. The van der Waals surface area contributed by atoms with Crippen LogP contribution in [0.1, 0.15) is 37.8 Å². The molecule has 0 aromatic heterocycles. The Morgan fingerprint density at radius 2 is 1.90 bits per heavy atom. The van der Waals surface area contributed by atoms with Gasteiger partial charge in [0.15, 0.2) is 5.96 Å². The van der Waals surface area contributed by atoms with Gasteiger partial charge in [-0.25, -0.2) is 4.79 Å². The lowest BCUT2D eigenvalue weighted by Crippen LogP contribution is -2.50. The van der Waals surface area contributed by atoms with E-state index in [-0.39, 0.29) is 30.1 Å². The van der Waals surface area contributed by atoms with Gasteiger partial charge in [-0.3, -0.25) is 9.89 Å².